The highest BCUT2D eigenvalue weighted by molar-refractivity contribution is 8.18. The summed E-state index contributed by atoms with van der Waals surface area (Å²) in [5, 5.41) is 2.90. The highest BCUT2D eigenvalue weighted by Gasteiger charge is 2.34. The molecule has 4 nitrogen and oxygen atoms in total. The zero-order valence-electron chi connectivity index (χ0n) is 14.9. The second-order valence-corrected chi connectivity index (χ2v) is 7.89. The largest absolute Gasteiger partial charge is 0.367 e. The molecule has 1 aliphatic rings. The van der Waals surface area contributed by atoms with E-state index in [1.807, 2.05) is 62.6 Å². The molecule has 0 spiro atoms. The average molecular weight is 385 g/mol. The van der Waals surface area contributed by atoms with Crippen molar-refractivity contribution in [2.45, 2.75) is 18.7 Å². The van der Waals surface area contributed by atoms with Gasteiger partial charge in [-0.05, 0) is 78.9 Å². The summed E-state index contributed by atoms with van der Waals surface area (Å²) in [6.45, 7) is 4.24. The fourth-order valence-electron chi connectivity index (χ4n) is 2.51. The molecule has 1 fully saturated rings. The molecule has 6 heteroatoms. The molecule has 0 radical (unpaired) electrons. The van der Waals surface area contributed by atoms with E-state index in [9.17, 15) is 9.59 Å². The summed E-state index contributed by atoms with van der Waals surface area (Å²) in [5.74, 6) is -0.259. The molecule has 1 aliphatic heterocycles. The van der Waals surface area contributed by atoms with Gasteiger partial charge in [0.05, 0.1) is 11.6 Å². The van der Waals surface area contributed by atoms with Gasteiger partial charge < -0.3 is 5.32 Å². The van der Waals surface area contributed by atoms with Gasteiger partial charge in [-0.3, -0.25) is 14.5 Å². The maximum absolute atomic E-state index is 12.6. The number of amides is 2. The summed E-state index contributed by atoms with van der Waals surface area (Å²) in [6.07, 6.45) is 3.79. The quantitative estimate of drug-likeness (QED) is 0.572. The molecular formula is C20H20N2O2S2. The van der Waals surface area contributed by atoms with Crippen LogP contribution in [-0.4, -0.2) is 29.0 Å². The predicted octanol–water partition coefficient (Wildman–Crippen LogP) is 5.13. The van der Waals surface area contributed by atoms with E-state index in [1.54, 1.807) is 17.8 Å². The highest BCUT2D eigenvalue weighted by atomic mass is 32.2. The Labute approximate surface area is 162 Å². The summed E-state index contributed by atoms with van der Waals surface area (Å²) in [6, 6.07) is 13.9. The number of rotatable bonds is 5. The molecule has 1 heterocycles. The van der Waals surface area contributed by atoms with Crippen LogP contribution in [0.3, 0.4) is 0 Å². The summed E-state index contributed by atoms with van der Waals surface area (Å²) in [5.41, 5.74) is 4.18. The fraction of sp³-hybridized carbons (Fsp3) is 0.200. The SMILES string of the molecule is CSc1ccc(C=C2SC(=O)N(CNc3ccc(C)c(C)c3)C2=O)cc1. The van der Waals surface area contributed by atoms with Gasteiger partial charge in [-0.2, -0.15) is 0 Å². The van der Waals surface area contributed by atoms with Crippen molar-refractivity contribution in [2.24, 2.45) is 0 Å². The highest BCUT2D eigenvalue weighted by Crippen LogP contribution is 2.32. The van der Waals surface area contributed by atoms with Crippen molar-refractivity contribution in [3.63, 3.8) is 0 Å². The Morgan fingerprint density at radius 3 is 2.46 bits per heavy atom. The molecule has 26 heavy (non-hydrogen) atoms. The minimum Gasteiger partial charge on any atom is -0.367 e. The van der Waals surface area contributed by atoms with Crippen LogP contribution in [0.5, 0.6) is 0 Å². The minimum atomic E-state index is -0.259. The number of benzene rings is 2. The van der Waals surface area contributed by atoms with Crippen molar-refractivity contribution in [2.75, 3.05) is 18.2 Å². The number of anilines is 1. The number of carbonyl (C=O) groups is 2. The third-order valence-corrected chi connectivity index (χ3v) is 5.89. The molecule has 1 N–H and O–H groups in total. The lowest BCUT2D eigenvalue weighted by atomic mass is 10.1. The lowest BCUT2D eigenvalue weighted by Crippen LogP contribution is -2.33. The van der Waals surface area contributed by atoms with E-state index in [-0.39, 0.29) is 17.8 Å². The van der Waals surface area contributed by atoms with Crippen LogP contribution in [0, 0.1) is 13.8 Å². The molecule has 2 aromatic rings. The Balaban J connectivity index is 1.69. The molecule has 0 bridgehead atoms. The van der Waals surface area contributed by atoms with Gasteiger partial charge in [-0.15, -0.1) is 11.8 Å². The van der Waals surface area contributed by atoms with Gasteiger partial charge in [0.25, 0.3) is 11.1 Å². The number of aryl methyl sites for hydroxylation is 2. The van der Waals surface area contributed by atoms with Crippen molar-refractivity contribution in [1.29, 1.82) is 0 Å². The van der Waals surface area contributed by atoms with Gasteiger partial charge in [-0.25, -0.2) is 0 Å². The molecule has 2 amide bonds. The number of carbonyl (C=O) groups excluding carboxylic acids is 2. The van der Waals surface area contributed by atoms with Crippen molar-refractivity contribution in [1.82, 2.24) is 4.90 Å². The van der Waals surface area contributed by atoms with E-state index in [4.69, 9.17) is 0 Å². The summed E-state index contributed by atoms with van der Waals surface area (Å²) in [7, 11) is 0. The van der Waals surface area contributed by atoms with Gasteiger partial charge in [-0.1, -0.05) is 18.2 Å². The average Bonchev–Trinajstić information content (AvgIpc) is 2.90. The third kappa shape index (κ3) is 4.14. The predicted molar refractivity (Wildman–Crippen MR) is 110 cm³/mol. The molecule has 3 rings (SSSR count). The lowest BCUT2D eigenvalue weighted by Gasteiger charge is -2.15. The number of imide groups is 1. The van der Waals surface area contributed by atoms with E-state index in [0.29, 0.717) is 4.91 Å². The van der Waals surface area contributed by atoms with Gasteiger partial charge in [0.1, 0.15) is 0 Å². The first-order valence-electron chi connectivity index (χ1n) is 8.18. The van der Waals surface area contributed by atoms with E-state index >= 15 is 0 Å². The minimum absolute atomic E-state index is 0.163. The summed E-state index contributed by atoms with van der Waals surface area (Å²) < 4.78 is 0. The monoisotopic (exact) mass is 384 g/mol. The van der Waals surface area contributed by atoms with E-state index in [0.717, 1.165) is 33.5 Å². The maximum atomic E-state index is 12.6. The van der Waals surface area contributed by atoms with Crippen LogP contribution in [-0.2, 0) is 4.79 Å². The number of hydrogen-bond acceptors (Lipinski definition) is 5. The molecule has 134 valence electrons. The van der Waals surface area contributed by atoms with E-state index < -0.39 is 0 Å². The molecule has 0 aliphatic carbocycles. The first-order valence-corrected chi connectivity index (χ1v) is 10.2. The van der Waals surface area contributed by atoms with Gasteiger partial charge in [0, 0.05) is 10.6 Å². The number of nitrogens with one attached hydrogen (secondary N) is 1. The second-order valence-electron chi connectivity index (χ2n) is 6.02. The maximum Gasteiger partial charge on any atom is 0.295 e. The second kappa shape index (κ2) is 8.01. The third-order valence-electron chi connectivity index (χ3n) is 4.24. The molecule has 0 atom stereocenters. The number of thioether (sulfide) groups is 2. The Kier molecular flexibility index (Phi) is 5.74. The Morgan fingerprint density at radius 1 is 1.08 bits per heavy atom. The van der Waals surface area contributed by atoms with Gasteiger partial charge >= 0.3 is 0 Å². The van der Waals surface area contributed by atoms with Crippen molar-refractivity contribution < 1.29 is 9.59 Å². The van der Waals surface area contributed by atoms with Crippen LogP contribution in [0.25, 0.3) is 6.08 Å². The summed E-state index contributed by atoms with van der Waals surface area (Å²) in [4.78, 5) is 27.6. The normalized spacial score (nSPS) is 15.8. The molecule has 0 saturated carbocycles. The fourth-order valence-corrected chi connectivity index (χ4v) is 3.76. The summed E-state index contributed by atoms with van der Waals surface area (Å²) >= 11 is 2.65. The van der Waals surface area contributed by atoms with E-state index in [1.165, 1.54) is 10.5 Å². The van der Waals surface area contributed by atoms with Gasteiger partial charge in [0.2, 0.25) is 0 Å². The molecule has 0 unspecified atom stereocenters. The van der Waals surface area contributed by atoms with Crippen LogP contribution in [0.4, 0.5) is 10.5 Å². The topological polar surface area (TPSA) is 49.4 Å². The molecule has 2 aromatic carbocycles. The Morgan fingerprint density at radius 2 is 1.81 bits per heavy atom. The number of hydrogen-bond donors (Lipinski definition) is 1. The molecular weight excluding hydrogens is 364 g/mol. The van der Waals surface area contributed by atoms with Crippen LogP contribution in [0.1, 0.15) is 16.7 Å². The zero-order chi connectivity index (χ0) is 18.7. The Bertz CT molecular complexity index is 876. The lowest BCUT2D eigenvalue weighted by molar-refractivity contribution is -0.122. The van der Waals surface area contributed by atoms with E-state index in [2.05, 4.69) is 5.32 Å². The van der Waals surface area contributed by atoms with Gasteiger partial charge in [0.15, 0.2) is 0 Å². The standard InChI is InChI=1S/C20H20N2O2S2/c1-13-4-7-16(10-14(13)2)21-12-22-19(23)18(26-20(22)24)11-15-5-8-17(25-3)9-6-15/h4-11,21H,12H2,1-3H3. The van der Waals surface area contributed by atoms with Crippen LogP contribution < -0.4 is 5.32 Å². The van der Waals surface area contributed by atoms with Crippen LogP contribution in [0.2, 0.25) is 0 Å². The van der Waals surface area contributed by atoms with Crippen molar-refractivity contribution in [3.05, 3.63) is 64.1 Å². The first-order chi connectivity index (χ1) is 12.5. The van der Waals surface area contributed by atoms with Crippen LogP contribution in [0.15, 0.2) is 52.3 Å². The zero-order valence-corrected chi connectivity index (χ0v) is 16.5. The molecule has 1 saturated heterocycles. The smallest absolute Gasteiger partial charge is 0.295 e. The number of nitrogens with zero attached hydrogens (tertiary/aromatic N) is 1. The molecule has 0 aromatic heterocycles. The Hall–Kier alpha value is -2.18. The first kappa shape index (κ1) is 18.6. The van der Waals surface area contributed by atoms with Crippen molar-refractivity contribution >= 4 is 46.4 Å². The van der Waals surface area contributed by atoms with Crippen LogP contribution >= 0.6 is 23.5 Å². The van der Waals surface area contributed by atoms with Crippen molar-refractivity contribution in [3.8, 4) is 0 Å².